The van der Waals surface area contributed by atoms with Crippen LogP contribution in [0.5, 0.6) is 0 Å². The topological polar surface area (TPSA) is 113 Å². The van der Waals surface area contributed by atoms with Gasteiger partial charge in [0.1, 0.15) is 5.60 Å². The lowest BCUT2D eigenvalue weighted by atomic mass is 10.0. The van der Waals surface area contributed by atoms with Crippen LogP contribution in [0.2, 0.25) is 0 Å². The molecule has 0 radical (unpaired) electrons. The molecule has 28 heavy (non-hydrogen) atoms. The maximum atomic E-state index is 12.5. The van der Waals surface area contributed by atoms with Crippen LogP contribution in [0.3, 0.4) is 0 Å². The summed E-state index contributed by atoms with van der Waals surface area (Å²) < 4.78 is 6.99. The molecular formula is C19H20N6O3. The minimum absolute atomic E-state index is 0.357. The highest BCUT2D eigenvalue weighted by molar-refractivity contribution is 6.18. The number of aryl methyl sites for hydroxylation is 1. The molecule has 0 unspecified atom stereocenters. The number of carbonyl (C=O) groups excluding carboxylic acids is 2. The highest BCUT2D eigenvalue weighted by atomic mass is 16.6. The van der Waals surface area contributed by atoms with E-state index in [1.54, 1.807) is 50.0 Å². The highest BCUT2D eigenvalue weighted by Gasteiger charge is 2.23. The van der Waals surface area contributed by atoms with Gasteiger partial charge in [0.05, 0.1) is 23.7 Å². The SMILES string of the molecule is Cn1cc(-c2[nH]c3cc(NC(=O)OC(C)(C)C)cc4c3c2C=NNC4=O)cn1. The van der Waals surface area contributed by atoms with E-state index in [2.05, 4.69) is 25.9 Å². The van der Waals surface area contributed by atoms with Crippen LogP contribution < -0.4 is 10.7 Å². The van der Waals surface area contributed by atoms with Crippen LogP contribution in [-0.2, 0) is 11.8 Å². The van der Waals surface area contributed by atoms with Gasteiger partial charge < -0.3 is 9.72 Å². The van der Waals surface area contributed by atoms with Gasteiger partial charge in [-0.3, -0.25) is 14.8 Å². The average molecular weight is 380 g/mol. The molecule has 0 fully saturated rings. The van der Waals surface area contributed by atoms with Gasteiger partial charge in [0.15, 0.2) is 0 Å². The molecule has 0 spiro atoms. The Bertz CT molecular complexity index is 1130. The van der Waals surface area contributed by atoms with E-state index in [-0.39, 0.29) is 5.91 Å². The normalized spacial score (nSPS) is 13.4. The number of aromatic nitrogens is 3. The Hall–Kier alpha value is -3.62. The first-order valence-electron chi connectivity index (χ1n) is 8.73. The summed E-state index contributed by atoms with van der Waals surface area (Å²) in [4.78, 5) is 28.0. The van der Waals surface area contributed by atoms with E-state index in [0.717, 1.165) is 22.2 Å². The van der Waals surface area contributed by atoms with E-state index >= 15 is 0 Å². The fourth-order valence-corrected chi connectivity index (χ4v) is 3.15. The Kier molecular flexibility index (Phi) is 3.95. The highest BCUT2D eigenvalue weighted by Crippen LogP contribution is 2.34. The smallest absolute Gasteiger partial charge is 0.412 e. The van der Waals surface area contributed by atoms with Crippen LogP contribution in [0, 0.1) is 0 Å². The van der Waals surface area contributed by atoms with Gasteiger partial charge in [0.25, 0.3) is 5.91 Å². The Balaban J connectivity index is 1.84. The second-order valence-electron chi connectivity index (χ2n) is 7.59. The summed E-state index contributed by atoms with van der Waals surface area (Å²) in [5.74, 6) is -0.357. The molecule has 0 atom stereocenters. The fraction of sp³-hybridized carbons (Fsp3) is 0.263. The number of ether oxygens (including phenoxy) is 1. The van der Waals surface area contributed by atoms with Crippen molar-refractivity contribution in [3.63, 3.8) is 0 Å². The van der Waals surface area contributed by atoms with Gasteiger partial charge in [0, 0.05) is 41.0 Å². The zero-order valence-corrected chi connectivity index (χ0v) is 16.0. The molecule has 1 aliphatic rings. The zero-order chi connectivity index (χ0) is 20.1. The first-order chi connectivity index (χ1) is 13.2. The fourth-order valence-electron chi connectivity index (χ4n) is 3.15. The third kappa shape index (κ3) is 3.22. The lowest BCUT2D eigenvalue weighted by Crippen LogP contribution is -2.27. The number of hydrogen-bond donors (Lipinski definition) is 3. The number of hydrazone groups is 1. The number of aromatic amines is 1. The van der Waals surface area contributed by atoms with E-state index in [9.17, 15) is 9.59 Å². The van der Waals surface area contributed by atoms with Crippen molar-refractivity contribution in [2.45, 2.75) is 26.4 Å². The number of carbonyl (C=O) groups is 2. The predicted molar refractivity (Wildman–Crippen MR) is 105 cm³/mol. The molecule has 3 heterocycles. The third-order valence-corrected chi connectivity index (χ3v) is 4.18. The maximum Gasteiger partial charge on any atom is 0.412 e. The molecule has 144 valence electrons. The third-order valence-electron chi connectivity index (χ3n) is 4.18. The zero-order valence-electron chi connectivity index (χ0n) is 16.0. The number of anilines is 1. The number of nitrogens with zero attached hydrogens (tertiary/aromatic N) is 3. The summed E-state index contributed by atoms with van der Waals surface area (Å²) in [6.45, 7) is 5.35. The monoisotopic (exact) mass is 380 g/mol. The molecule has 4 rings (SSSR count). The Labute approximate surface area is 160 Å². The van der Waals surface area contributed by atoms with Gasteiger partial charge in [-0.1, -0.05) is 0 Å². The van der Waals surface area contributed by atoms with Crippen molar-refractivity contribution in [3.8, 4) is 11.3 Å². The Morgan fingerprint density at radius 3 is 2.75 bits per heavy atom. The molecule has 0 aliphatic carbocycles. The molecule has 9 heteroatoms. The van der Waals surface area contributed by atoms with Gasteiger partial charge >= 0.3 is 6.09 Å². The van der Waals surface area contributed by atoms with Crippen LogP contribution in [0.25, 0.3) is 22.2 Å². The van der Waals surface area contributed by atoms with Crippen LogP contribution in [0.4, 0.5) is 10.5 Å². The van der Waals surface area contributed by atoms with Crippen LogP contribution in [0.15, 0.2) is 29.6 Å². The number of nitrogens with one attached hydrogen (secondary N) is 3. The lowest BCUT2D eigenvalue weighted by Gasteiger charge is -2.19. The molecule has 0 saturated heterocycles. The molecule has 0 bridgehead atoms. The van der Waals surface area contributed by atoms with E-state index < -0.39 is 11.7 Å². The predicted octanol–water partition coefficient (Wildman–Crippen LogP) is 2.99. The maximum absolute atomic E-state index is 12.5. The van der Waals surface area contributed by atoms with E-state index in [4.69, 9.17) is 4.74 Å². The van der Waals surface area contributed by atoms with E-state index in [1.165, 1.54) is 0 Å². The van der Waals surface area contributed by atoms with Crippen LogP contribution in [0.1, 0.15) is 36.7 Å². The van der Waals surface area contributed by atoms with Crippen molar-refractivity contribution in [1.29, 1.82) is 0 Å². The van der Waals surface area contributed by atoms with E-state index in [0.29, 0.717) is 16.8 Å². The minimum Gasteiger partial charge on any atom is -0.444 e. The first kappa shape index (κ1) is 17.8. The van der Waals surface area contributed by atoms with Crippen molar-refractivity contribution in [1.82, 2.24) is 20.2 Å². The summed E-state index contributed by atoms with van der Waals surface area (Å²) >= 11 is 0. The molecule has 0 saturated carbocycles. The average Bonchev–Trinajstić information content (AvgIpc) is 3.11. The molecule has 1 aromatic carbocycles. The molecule has 2 aromatic heterocycles. The summed E-state index contributed by atoms with van der Waals surface area (Å²) in [5, 5.41) is 11.6. The van der Waals surface area contributed by atoms with Crippen molar-refractivity contribution >= 4 is 34.8 Å². The van der Waals surface area contributed by atoms with Crippen molar-refractivity contribution < 1.29 is 14.3 Å². The summed E-state index contributed by atoms with van der Waals surface area (Å²) in [7, 11) is 1.83. The molecule has 2 amide bonds. The molecule has 9 nitrogen and oxygen atoms in total. The van der Waals surface area contributed by atoms with E-state index in [1.807, 2.05) is 13.2 Å². The summed E-state index contributed by atoms with van der Waals surface area (Å²) in [6.07, 6.45) is 4.61. The van der Waals surface area contributed by atoms with Crippen molar-refractivity contribution in [3.05, 3.63) is 35.7 Å². The molecule has 3 N–H and O–H groups in total. The molecule has 3 aromatic rings. The van der Waals surface area contributed by atoms with Gasteiger partial charge in [-0.05, 0) is 32.9 Å². The van der Waals surface area contributed by atoms with Gasteiger partial charge in [0.2, 0.25) is 0 Å². The van der Waals surface area contributed by atoms with Gasteiger partial charge in [-0.2, -0.15) is 10.2 Å². The van der Waals surface area contributed by atoms with Gasteiger partial charge in [-0.15, -0.1) is 0 Å². The number of H-pyrrole nitrogens is 1. The van der Waals surface area contributed by atoms with Crippen molar-refractivity contribution in [2.24, 2.45) is 12.1 Å². The minimum atomic E-state index is -0.627. The number of benzene rings is 1. The molecular weight excluding hydrogens is 360 g/mol. The second-order valence-corrected chi connectivity index (χ2v) is 7.59. The Morgan fingerprint density at radius 2 is 2.07 bits per heavy atom. The quantitative estimate of drug-likeness (QED) is 0.634. The second kappa shape index (κ2) is 6.22. The summed E-state index contributed by atoms with van der Waals surface area (Å²) in [6, 6.07) is 3.37. The van der Waals surface area contributed by atoms with Crippen LogP contribution >= 0.6 is 0 Å². The van der Waals surface area contributed by atoms with Crippen LogP contribution in [-0.4, -0.2) is 38.6 Å². The largest absolute Gasteiger partial charge is 0.444 e. The number of rotatable bonds is 2. The first-order valence-corrected chi connectivity index (χ1v) is 8.73. The van der Waals surface area contributed by atoms with Gasteiger partial charge in [-0.25, -0.2) is 10.2 Å². The number of amides is 2. The summed E-state index contributed by atoms with van der Waals surface area (Å²) in [5.41, 5.74) is 5.84. The lowest BCUT2D eigenvalue weighted by molar-refractivity contribution is 0.0635. The van der Waals surface area contributed by atoms with Crippen molar-refractivity contribution in [2.75, 3.05) is 5.32 Å². The number of hydrogen-bond acceptors (Lipinski definition) is 5. The standard InChI is InChI=1S/C19H20N6O3/c1-19(2,3)28-18(27)22-11-5-12-15-13(8-20-24-17(12)26)16(23-14(15)6-11)10-7-21-25(4)9-10/h5-9,23H,1-4H3,(H,22,27)(H,24,26). The molecule has 1 aliphatic heterocycles. The Morgan fingerprint density at radius 1 is 1.29 bits per heavy atom.